The van der Waals surface area contributed by atoms with Crippen molar-refractivity contribution in [2.45, 2.75) is 20.8 Å². The van der Waals surface area contributed by atoms with Gasteiger partial charge in [-0.05, 0) is 0 Å². The molecule has 0 bridgehead atoms. The predicted octanol–water partition coefficient (Wildman–Crippen LogP) is 2.91. The van der Waals surface area contributed by atoms with Crippen LogP contribution in [-0.4, -0.2) is 0 Å². The maximum atomic E-state index is 2.25. The predicted molar refractivity (Wildman–Crippen MR) is 38.8 cm³/mol. The fraction of sp³-hybridized carbons (Fsp3) is 0.429. The molecule has 9 heavy (non-hydrogen) atoms. The maximum absolute atomic E-state index is 2.25. The molecule has 0 nitrogen and oxygen atoms in total. The van der Waals surface area contributed by atoms with Gasteiger partial charge in [0.05, 0.1) is 0 Å². The van der Waals surface area contributed by atoms with Gasteiger partial charge in [-0.25, -0.2) is 14.3 Å². The number of hydrogen-bond donors (Lipinski definition) is 0. The van der Waals surface area contributed by atoms with Crippen molar-refractivity contribution in [3.05, 3.63) is 22.2 Å². The maximum Gasteiger partial charge on any atom is 0 e. The van der Waals surface area contributed by atoms with Crippen LogP contribution in [0.15, 0.2) is 6.07 Å². The van der Waals surface area contributed by atoms with Gasteiger partial charge in [-0.15, -0.1) is 5.30 Å². The molecule has 0 aliphatic heterocycles. The van der Waals surface area contributed by atoms with E-state index in [2.05, 4.69) is 26.8 Å². The van der Waals surface area contributed by atoms with Gasteiger partial charge < -0.3 is 0 Å². The Morgan fingerprint density at radius 2 is 2.00 bits per heavy atom. The summed E-state index contributed by atoms with van der Waals surface area (Å²) in [6.07, 6.45) is 0. The Labute approximate surface area is 77.3 Å². The zero-order valence-corrected chi connectivity index (χ0v) is 9.38. The number of rotatable bonds is 0. The van der Waals surface area contributed by atoms with E-state index in [-0.39, 0.29) is 26.2 Å². The van der Waals surface area contributed by atoms with Gasteiger partial charge in [0.1, 0.15) is 0 Å². The minimum absolute atomic E-state index is 0. The van der Waals surface area contributed by atoms with Gasteiger partial charge in [0.15, 0.2) is 0 Å². The summed E-state index contributed by atoms with van der Waals surface area (Å²) in [7, 11) is 1.42. The van der Waals surface area contributed by atoms with Crippen molar-refractivity contribution >= 4 is 8.19 Å². The third-order valence-corrected chi connectivity index (χ3v) is 2.51. The molecule has 0 spiro atoms. The summed E-state index contributed by atoms with van der Waals surface area (Å²) in [6.45, 7) is 6.52. The summed E-state index contributed by atoms with van der Waals surface area (Å²) in [5, 5.41) is 2.97. The average Bonchev–Trinajstić information content (AvgIpc) is 1.85. The Balaban J connectivity index is 0.000000640. The molecule has 0 amide bonds. The Hall–Kier alpha value is 0.663. The molecule has 0 saturated carbocycles. The van der Waals surface area contributed by atoms with Crippen LogP contribution in [-0.2, 0) is 26.2 Å². The van der Waals surface area contributed by atoms with Crippen LogP contribution in [0.3, 0.4) is 0 Å². The molecule has 48 valence electrons. The van der Waals surface area contributed by atoms with Crippen LogP contribution in [0.2, 0.25) is 0 Å². The molecule has 0 aromatic carbocycles. The van der Waals surface area contributed by atoms with Crippen molar-refractivity contribution in [1.82, 2.24) is 0 Å². The van der Waals surface area contributed by atoms with Gasteiger partial charge in [-0.1, -0.05) is 20.8 Å². The molecular formula is C7H10PZr-. The first-order chi connectivity index (χ1) is 3.70. The Kier molecular flexibility index (Phi) is 4.02. The van der Waals surface area contributed by atoms with Crippen LogP contribution in [0, 0.1) is 20.8 Å². The van der Waals surface area contributed by atoms with Crippen LogP contribution >= 0.6 is 8.19 Å². The van der Waals surface area contributed by atoms with Crippen molar-refractivity contribution < 1.29 is 26.2 Å². The zero-order chi connectivity index (χ0) is 6.15. The summed E-state index contributed by atoms with van der Waals surface area (Å²) in [6, 6.07) is 2.25. The van der Waals surface area contributed by atoms with Crippen molar-refractivity contribution in [3.8, 4) is 0 Å². The van der Waals surface area contributed by atoms with Crippen LogP contribution in [0.5, 0.6) is 0 Å². The first-order valence-electron chi connectivity index (χ1n) is 2.77. The fourth-order valence-electron chi connectivity index (χ4n) is 0.803. The molecule has 0 aliphatic carbocycles. The van der Waals surface area contributed by atoms with Crippen LogP contribution in [0.1, 0.15) is 16.2 Å². The Morgan fingerprint density at radius 1 is 1.44 bits per heavy atom. The van der Waals surface area contributed by atoms with Crippen LogP contribution < -0.4 is 0 Å². The van der Waals surface area contributed by atoms with Gasteiger partial charge in [0.25, 0.3) is 0 Å². The minimum atomic E-state index is 0. The molecule has 0 atom stereocenters. The molecule has 0 unspecified atom stereocenters. The molecular weight excluding hydrogens is 206 g/mol. The average molecular weight is 216 g/mol. The topological polar surface area (TPSA) is 0 Å². The summed E-state index contributed by atoms with van der Waals surface area (Å²) in [4.78, 5) is 0. The monoisotopic (exact) mass is 215 g/mol. The quantitative estimate of drug-likeness (QED) is 0.585. The molecule has 0 N–H and O–H groups in total. The summed E-state index contributed by atoms with van der Waals surface area (Å²) >= 11 is 0. The van der Waals surface area contributed by atoms with Gasteiger partial charge in [0, 0.05) is 26.2 Å². The van der Waals surface area contributed by atoms with E-state index in [0.717, 1.165) is 0 Å². The third-order valence-electron chi connectivity index (χ3n) is 1.34. The van der Waals surface area contributed by atoms with Crippen LogP contribution in [0.25, 0.3) is 0 Å². The molecule has 2 heteroatoms. The van der Waals surface area contributed by atoms with E-state index < -0.39 is 0 Å². The van der Waals surface area contributed by atoms with E-state index in [0.29, 0.717) is 0 Å². The fourth-order valence-corrected chi connectivity index (χ4v) is 1.83. The Morgan fingerprint density at radius 3 is 2.11 bits per heavy atom. The number of aryl methyl sites for hydroxylation is 3. The van der Waals surface area contributed by atoms with E-state index >= 15 is 0 Å². The van der Waals surface area contributed by atoms with Gasteiger partial charge in [0.2, 0.25) is 0 Å². The SMILES string of the molecule is Cc1cc(C)[c-](C)p1.[Zr]. The van der Waals surface area contributed by atoms with E-state index in [4.69, 9.17) is 0 Å². The molecule has 1 rings (SSSR count). The Bertz CT molecular complexity index is 171. The second-order valence-electron chi connectivity index (χ2n) is 2.17. The first-order valence-corrected chi connectivity index (χ1v) is 3.67. The van der Waals surface area contributed by atoms with E-state index in [1.807, 2.05) is 0 Å². The molecule has 1 aromatic rings. The smallest absolute Gasteiger partial charge is 0 e. The molecule has 0 saturated heterocycles. The normalized spacial score (nSPS) is 9.67. The molecule has 1 aromatic heterocycles. The van der Waals surface area contributed by atoms with E-state index in [1.54, 1.807) is 0 Å². The van der Waals surface area contributed by atoms with Crippen LogP contribution in [0.4, 0.5) is 0 Å². The van der Waals surface area contributed by atoms with E-state index in [9.17, 15) is 0 Å². The van der Waals surface area contributed by atoms with E-state index in [1.165, 1.54) is 24.3 Å². The molecule has 0 radical (unpaired) electrons. The third kappa shape index (κ3) is 2.40. The largest absolute Gasteiger partial charge is 0.220 e. The second-order valence-corrected chi connectivity index (χ2v) is 3.77. The standard InChI is InChI=1S/C7H10P.Zr/c1-5-4-6(2)8-7(5)3;/h4H,1-3H3;/q-1;. The number of hydrogen-bond acceptors (Lipinski definition) is 0. The van der Waals surface area contributed by atoms with Crippen molar-refractivity contribution in [2.75, 3.05) is 0 Å². The zero-order valence-electron chi connectivity index (χ0n) is 6.02. The molecule has 0 aliphatic rings. The minimum Gasteiger partial charge on any atom is -0.220 e. The van der Waals surface area contributed by atoms with Gasteiger partial charge in [-0.3, -0.25) is 0 Å². The summed E-state index contributed by atoms with van der Waals surface area (Å²) < 4.78 is 0. The van der Waals surface area contributed by atoms with Crippen molar-refractivity contribution in [2.24, 2.45) is 0 Å². The summed E-state index contributed by atoms with van der Waals surface area (Å²) in [5.41, 5.74) is 1.45. The van der Waals surface area contributed by atoms with Crippen molar-refractivity contribution in [3.63, 3.8) is 0 Å². The first kappa shape index (κ1) is 9.66. The molecule has 0 fully saturated rings. The van der Waals surface area contributed by atoms with Gasteiger partial charge >= 0.3 is 0 Å². The molecule has 1 heterocycles. The van der Waals surface area contributed by atoms with Crippen molar-refractivity contribution in [1.29, 1.82) is 0 Å². The van der Waals surface area contributed by atoms with Gasteiger partial charge in [-0.2, -0.15) is 10.9 Å². The summed E-state index contributed by atoms with van der Waals surface area (Å²) in [5.74, 6) is 0. The second kappa shape index (κ2) is 3.74.